The van der Waals surface area contributed by atoms with E-state index >= 15 is 0 Å². The molecule has 0 rings (SSSR count). The summed E-state index contributed by atoms with van der Waals surface area (Å²) in [5.41, 5.74) is 0. The van der Waals surface area contributed by atoms with Crippen molar-refractivity contribution in [2.45, 2.75) is 277 Å². The van der Waals surface area contributed by atoms with E-state index in [4.69, 9.17) is 14.2 Å². The second kappa shape index (κ2) is 66.5. The highest BCUT2D eigenvalue weighted by atomic mass is 16.6. The van der Waals surface area contributed by atoms with Gasteiger partial charge in [0.05, 0.1) is 0 Å². The fourth-order valence-corrected chi connectivity index (χ4v) is 8.44. The molecule has 0 heterocycles. The average Bonchev–Trinajstić information content (AvgIpc) is 3.46. The lowest BCUT2D eigenvalue weighted by atomic mass is 10.1. The molecule has 0 N–H and O–H groups in total. The molecule has 0 aromatic carbocycles. The zero-order valence-electron chi connectivity index (χ0n) is 51.5. The highest BCUT2D eigenvalue weighted by Crippen LogP contribution is 2.14. The third-order valence-electron chi connectivity index (χ3n) is 13.2. The zero-order valence-corrected chi connectivity index (χ0v) is 51.5. The van der Waals surface area contributed by atoms with E-state index in [1.54, 1.807) is 0 Å². The summed E-state index contributed by atoms with van der Waals surface area (Å²) in [5, 5.41) is 0. The van der Waals surface area contributed by atoms with Crippen LogP contribution in [0.4, 0.5) is 0 Å². The summed E-state index contributed by atoms with van der Waals surface area (Å²) in [5.74, 6) is -0.946. The minimum Gasteiger partial charge on any atom is -0.462 e. The molecule has 0 amide bonds. The third-order valence-corrected chi connectivity index (χ3v) is 13.2. The molecular formula is C74H118O6. The summed E-state index contributed by atoms with van der Waals surface area (Å²) in [4.78, 5) is 38.3. The SMILES string of the molecule is CC/C=C\C/C=C\C/C=C\C/C=C\C/C=C\C/C=C\CCCCCCCCCCC(=O)OCC(COC(=O)CCCCCCC/C=C\CCCCC)OC(=O)CCCCCC/C=C\C/C=C\C/C=C\C/C=C\C/C=C\C/C=C\CC. The molecule has 0 aromatic rings. The van der Waals surface area contributed by atoms with Gasteiger partial charge in [-0.25, -0.2) is 0 Å². The van der Waals surface area contributed by atoms with Crippen LogP contribution in [0.3, 0.4) is 0 Å². The number of unbranched alkanes of at least 4 members (excludes halogenated alkanes) is 20. The molecule has 80 heavy (non-hydrogen) atoms. The molecule has 0 aliphatic heterocycles. The summed E-state index contributed by atoms with van der Waals surface area (Å²) < 4.78 is 16.9. The Labute approximate surface area is 492 Å². The predicted molar refractivity (Wildman–Crippen MR) is 348 cm³/mol. The standard InChI is InChI=1S/C74H118O6/c1-4-7-10-13-16-19-22-25-27-29-31-33-35-36-37-38-40-41-43-45-47-49-52-55-58-61-64-67-73(76)79-70-71(69-78-72(75)66-63-60-57-54-51-24-21-18-15-12-9-6-3)80-74(77)68-65-62-59-56-53-50-48-46-44-42-39-34-32-30-28-26-23-20-17-14-11-8-5-2/h7-8,10-11,16-21,25-28,31-34,36-37,40-42,44,48,50,71H,4-6,9,12-15,22-24,29-30,35,38-39,43,45-47,49,51-70H2,1-3H3/b10-7-,11-8-,19-16-,20-17-,21-18-,27-25-,28-26-,33-31-,34-32-,37-36-,41-40-,44-42-,50-48-. The Morgan fingerprint density at radius 3 is 0.775 bits per heavy atom. The van der Waals surface area contributed by atoms with Gasteiger partial charge in [-0.05, 0) is 148 Å². The molecule has 0 spiro atoms. The number of carbonyl (C=O) groups excluding carboxylic acids is 3. The van der Waals surface area contributed by atoms with Gasteiger partial charge in [0.25, 0.3) is 0 Å². The first-order valence-electron chi connectivity index (χ1n) is 32.5. The second-order valence-corrected chi connectivity index (χ2v) is 20.9. The van der Waals surface area contributed by atoms with Crippen molar-refractivity contribution in [2.75, 3.05) is 13.2 Å². The molecule has 0 radical (unpaired) electrons. The van der Waals surface area contributed by atoms with Crippen molar-refractivity contribution in [3.05, 3.63) is 158 Å². The van der Waals surface area contributed by atoms with Crippen LogP contribution in [0.5, 0.6) is 0 Å². The molecule has 0 saturated carbocycles. The summed E-state index contributed by atoms with van der Waals surface area (Å²) >= 11 is 0. The number of hydrogen-bond donors (Lipinski definition) is 0. The van der Waals surface area contributed by atoms with E-state index < -0.39 is 6.10 Å². The summed E-state index contributed by atoms with van der Waals surface area (Å²) in [6.45, 7) is 6.35. The molecule has 450 valence electrons. The Hall–Kier alpha value is -4.97. The van der Waals surface area contributed by atoms with Crippen LogP contribution in [-0.4, -0.2) is 37.2 Å². The van der Waals surface area contributed by atoms with Crippen LogP contribution in [0.25, 0.3) is 0 Å². The Morgan fingerprint density at radius 1 is 0.263 bits per heavy atom. The molecule has 1 unspecified atom stereocenters. The van der Waals surface area contributed by atoms with Gasteiger partial charge in [0, 0.05) is 19.3 Å². The van der Waals surface area contributed by atoms with E-state index in [0.717, 1.165) is 167 Å². The van der Waals surface area contributed by atoms with Crippen LogP contribution in [0.2, 0.25) is 0 Å². The molecule has 6 heteroatoms. The molecule has 0 aromatic heterocycles. The first-order chi connectivity index (χ1) is 39.5. The molecule has 6 nitrogen and oxygen atoms in total. The van der Waals surface area contributed by atoms with E-state index in [2.05, 4.69) is 179 Å². The largest absolute Gasteiger partial charge is 0.462 e. The highest BCUT2D eigenvalue weighted by Gasteiger charge is 2.19. The fourth-order valence-electron chi connectivity index (χ4n) is 8.44. The number of carbonyl (C=O) groups is 3. The Bertz CT molecular complexity index is 1790. The van der Waals surface area contributed by atoms with Crippen molar-refractivity contribution in [3.63, 3.8) is 0 Å². The zero-order chi connectivity index (χ0) is 57.8. The maximum Gasteiger partial charge on any atom is 0.306 e. The molecule has 0 saturated heterocycles. The molecule has 0 bridgehead atoms. The lowest BCUT2D eigenvalue weighted by Gasteiger charge is -2.18. The maximum atomic E-state index is 12.9. The summed E-state index contributed by atoms with van der Waals surface area (Å²) in [6.07, 6.45) is 96.7. The van der Waals surface area contributed by atoms with Crippen LogP contribution in [0.1, 0.15) is 271 Å². The van der Waals surface area contributed by atoms with Gasteiger partial charge in [-0.2, -0.15) is 0 Å². The average molecular weight is 1100 g/mol. The van der Waals surface area contributed by atoms with Gasteiger partial charge in [-0.15, -0.1) is 0 Å². The second-order valence-electron chi connectivity index (χ2n) is 20.9. The third kappa shape index (κ3) is 63.9. The van der Waals surface area contributed by atoms with Gasteiger partial charge >= 0.3 is 17.9 Å². The molecule has 0 fully saturated rings. The van der Waals surface area contributed by atoms with E-state index in [-0.39, 0.29) is 37.5 Å². The van der Waals surface area contributed by atoms with Crippen molar-refractivity contribution in [1.29, 1.82) is 0 Å². The normalized spacial score (nSPS) is 13.2. The molecule has 1 atom stereocenters. The lowest BCUT2D eigenvalue weighted by Crippen LogP contribution is -2.30. The van der Waals surface area contributed by atoms with Crippen molar-refractivity contribution in [2.24, 2.45) is 0 Å². The quantitative estimate of drug-likeness (QED) is 0.0261. The van der Waals surface area contributed by atoms with Gasteiger partial charge in [-0.1, -0.05) is 262 Å². The van der Waals surface area contributed by atoms with Crippen molar-refractivity contribution < 1.29 is 28.6 Å². The number of allylic oxidation sites excluding steroid dienone is 26. The number of esters is 3. The highest BCUT2D eigenvalue weighted by molar-refractivity contribution is 5.71. The van der Waals surface area contributed by atoms with Crippen LogP contribution in [0.15, 0.2) is 158 Å². The van der Waals surface area contributed by atoms with Crippen LogP contribution in [-0.2, 0) is 28.6 Å². The summed E-state index contributed by atoms with van der Waals surface area (Å²) in [7, 11) is 0. The molecule has 0 aliphatic rings. The van der Waals surface area contributed by atoms with Gasteiger partial charge in [0.15, 0.2) is 6.10 Å². The van der Waals surface area contributed by atoms with E-state index in [1.165, 1.54) is 64.2 Å². The van der Waals surface area contributed by atoms with Crippen molar-refractivity contribution in [3.8, 4) is 0 Å². The maximum absolute atomic E-state index is 12.9. The smallest absolute Gasteiger partial charge is 0.306 e. The first kappa shape index (κ1) is 75.0. The van der Waals surface area contributed by atoms with Gasteiger partial charge in [0.1, 0.15) is 13.2 Å². The van der Waals surface area contributed by atoms with Crippen LogP contribution >= 0.6 is 0 Å². The minimum absolute atomic E-state index is 0.101. The lowest BCUT2D eigenvalue weighted by molar-refractivity contribution is -0.167. The van der Waals surface area contributed by atoms with Gasteiger partial charge < -0.3 is 14.2 Å². The van der Waals surface area contributed by atoms with E-state index in [1.807, 2.05) is 0 Å². The van der Waals surface area contributed by atoms with Gasteiger partial charge in [0.2, 0.25) is 0 Å². The first-order valence-corrected chi connectivity index (χ1v) is 32.5. The Balaban J connectivity index is 4.41. The van der Waals surface area contributed by atoms with Crippen LogP contribution in [0, 0.1) is 0 Å². The fraction of sp³-hybridized carbons (Fsp3) is 0.608. The predicted octanol–water partition coefficient (Wildman–Crippen LogP) is 22.5. The summed E-state index contributed by atoms with van der Waals surface area (Å²) in [6, 6.07) is 0. The Kier molecular flexibility index (Phi) is 62.4. The minimum atomic E-state index is -0.807. The number of ether oxygens (including phenoxy) is 3. The van der Waals surface area contributed by atoms with Crippen LogP contribution < -0.4 is 0 Å². The number of hydrogen-bond acceptors (Lipinski definition) is 6. The monoisotopic (exact) mass is 1100 g/mol. The van der Waals surface area contributed by atoms with Crippen molar-refractivity contribution >= 4 is 17.9 Å². The van der Waals surface area contributed by atoms with E-state index in [0.29, 0.717) is 12.8 Å². The topological polar surface area (TPSA) is 78.9 Å². The molecular weight excluding hydrogens is 985 g/mol. The molecule has 0 aliphatic carbocycles. The van der Waals surface area contributed by atoms with E-state index in [9.17, 15) is 14.4 Å². The van der Waals surface area contributed by atoms with Crippen molar-refractivity contribution in [1.82, 2.24) is 0 Å². The Morgan fingerprint density at radius 2 is 0.487 bits per heavy atom. The number of rotatable bonds is 57. The van der Waals surface area contributed by atoms with Gasteiger partial charge in [-0.3, -0.25) is 14.4 Å².